The lowest BCUT2D eigenvalue weighted by Gasteiger charge is -2.31. The first-order valence-electron chi connectivity index (χ1n) is 23.6. The van der Waals surface area contributed by atoms with Crippen LogP contribution in [0.15, 0.2) is 69.6 Å². The van der Waals surface area contributed by atoms with Crippen molar-refractivity contribution in [1.82, 2.24) is 26.2 Å². The Morgan fingerprint density at radius 1 is 0.694 bits per heavy atom. The third-order valence-electron chi connectivity index (χ3n) is 9.31. The van der Waals surface area contributed by atoms with E-state index in [2.05, 4.69) is 45.9 Å². The Bertz CT molecular complexity index is 2460. The van der Waals surface area contributed by atoms with E-state index in [4.69, 9.17) is 86.9 Å². The summed E-state index contributed by atoms with van der Waals surface area (Å²) in [5, 5.41) is 114. The van der Waals surface area contributed by atoms with E-state index in [1.807, 2.05) is 12.5 Å². The van der Waals surface area contributed by atoms with Crippen LogP contribution in [-0.4, -0.2) is 221 Å². The zero-order valence-electron chi connectivity index (χ0n) is 44.1. The highest BCUT2D eigenvalue weighted by molar-refractivity contribution is 8.13. The number of nitrogen functional groups attached to an aromatic ring is 1. The predicted octanol–water partition coefficient (Wildman–Crippen LogP) is 3.41. The summed E-state index contributed by atoms with van der Waals surface area (Å²) in [6.07, 6.45) is 1.13. The van der Waals surface area contributed by atoms with Gasteiger partial charge in [-0.05, 0) is 81.9 Å². The zero-order valence-corrected chi connectivity index (χ0v) is 47.4. The standard InChI is InChI=1S/C11H12ClN3O4.C10H18N2O3S.C7H7NO3.C7H6O4.C5H10N2OS.C4H8N2OS.C3H10N2O.5CH4.H2/c12-19-10(18)6-1-7(3-8(16)2-6)15-11-13-4-9(17)5-14-11;1-10(2,3)15-9(14)12-6-7(13)5-11-8(12)16-4;2*8-5-1-4(7(10)11)2-6(9)3-5;1-9-5-6-2-4(8)3-7-5;7-3-1-5-4(8)6-2-3;4-1-3(6)2-5;;;;;;/h1-3,9,16-17H,4-5H2,(H2,13,14,15);7,13H,5-6H2,1-4H3;1-3,9H,8H2,(H,10,11);1-3,8-9H,(H,10,11);4,8H,2-3H2,1H3,(H,6,7);3,7H,1-2H2,(H2,5,6,8);3,6H,1-2,4-5H2;5*1H4;1H. The quantitative estimate of drug-likeness (QED) is 0.124. The van der Waals surface area contributed by atoms with Gasteiger partial charge in [-0.2, -0.15) is 0 Å². The number of rotatable bonds is 6. The minimum absolute atomic E-state index is 0. The SMILES string of the molecule is C.C.C.C.C.CSC1=NCC(O)CN1.CSC1=NCC(O)CN1C(=O)OC(C)(C)C.NCC(O)CN.Nc1cc(O)cc(C(=O)O)c1.O=C(O)c1cc(O)cc(O)c1.O=C(OCl)c1cc(O)cc(NC2=NCC(O)CN2)c1.OC1CNC(=S)NC1.[HH]. The van der Waals surface area contributed by atoms with Gasteiger partial charge in [-0.15, -0.1) is 0 Å². The molecule has 488 valence electrons. The molecule has 22 N–H and O–H groups in total. The van der Waals surface area contributed by atoms with Gasteiger partial charge >= 0.3 is 24.0 Å². The number of aliphatic hydroxyl groups is 5. The first kappa shape index (κ1) is 86.9. The summed E-state index contributed by atoms with van der Waals surface area (Å²) in [7, 11) is 0. The number of halogens is 1. The number of phenolic OH excluding ortho intramolecular Hbond substituents is 4. The van der Waals surface area contributed by atoms with Crippen LogP contribution in [0.1, 0.15) is 90.4 Å². The second-order valence-corrected chi connectivity index (χ2v) is 19.6. The zero-order chi connectivity index (χ0) is 60.7. The van der Waals surface area contributed by atoms with Crippen molar-refractivity contribution in [2.24, 2.45) is 26.4 Å². The highest BCUT2D eigenvalue weighted by Crippen LogP contribution is 2.22. The van der Waals surface area contributed by atoms with Crippen molar-refractivity contribution in [3.8, 4) is 23.0 Å². The van der Waals surface area contributed by atoms with Crippen molar-refractivity contribution >= 4 is 104 Å². The van der Waals surface area contributed by atoms with Gasteiger partial charge in [0.05, 0.1) is 73.4 Å². The lowest BCUT2D eigenvalue weighted by atomic mass is 10.2. The van der Waals surface area contributed by atoms with Crippen LogP contribution < -0.4 is 43.8 Å². The summed E-state index contributed by atoms with van der Waals surface area (Å²) in [4.78, 5) is 57.3. The molecule has 3 aromatic rings. The van der Waals surface area contributed by atoms with Crippen LogP contribution in [0.4, 0.5) is 16.2 Å². The number of nitrogens with one attached hydrogen (secondary N) is 5. The van der Waals surface area contributed by atoms with Crippen molar-refractivity contribution in [2.75, 3.05) is 89.0 Å². The fourth-order valence-electron chi connectivity index (χ4n) is 5.64. The number of nitrogens with zero attached hydrogens (tertiary/aromatic N) is 4. The van der Waals surface area contributed by atoms with Gasteiger partial charge < -0.3 is 109 Å². The molecule has 7 rings (SSSR count). The lowest BCUT2D eigenvalue weighted by Crippen LogP contribution is -2.50. The van der Waals surface area contributed by atoms with E-state index >= 15 is 0 Å². The second kappa shape index (κ2) is 45.5. The molecule has 4 aliphatic heterocycles. The molecule has 85 heavy (non-hydrogen) atoms. The maximum absolute atomic E-state index is 11.8. The average Bonchev–Trinajstić information content (AvgIpc) is 3.46. The largest absolute Gasteiger partial charge is 0.508 e. The maximum atomic E-state index is 11.8. The monoisotopic (exact) mass is 1290 g/mol. The van der Waals surface area contributed by atoms with E-state index in [9.17, 15) is 34.5 Å². The van der Waals surface area contributed by atoms with E-state index < -0.39 is 47.9 Å². The van der Waals surface area contributed by atoms with Crippen LogP contribution in [0.25, 0.3) is 0 Å². The van der Waals surface area contributed by atoms with Crippen LogP contribution in [0.5, 0.6) is 23.0 Å². The number of hydrogen-bond acceptors (Lipinski definition) is 27. The highest BCUT2D eigenvalue weighted by atomic mass is 35.5. The molecule has 0 bridgehead atoms. The number of carbonyl (C=O) groups is 4. The van der Waals surface area contributed by atoms with Crippen LogP contribution >= 0.6 is 47.6 Å². The van der Waals surface area contributed by atoms with Gasteiger partial charge in [-0.25, -0.2) is 19.2 Å². The molecule has 0 saturated carbocycles. The third kappa shape index (κ3) is 37.9. The van der Waals surface area contributed by atoms with Crippen molar-refractivity contribution < 1.29 is 85.8 Å². The smallest absolute Gasteiger partial charge is 0.416 e. The van der Waals surface area contributed by atoms with Crippen LogP contribution in [-0.2, 0) is 9.03 Å². The Kier molecular flexibility index (Phi) is 46.5. The number of ether oxygens (including phenoxy) is 1. The number of phenols is 4. The third-order valence-corrected chi connectivity index (χ3v) is 11.1. The van der Waals surface area contributed by atoms with Crippen molar-refractivity contribution in [2.45, 2.75) is 94.0 Å². The Labute approximate surface area is 517 Å². The van der Waals surface area contributed by atoms with Gasteiger partial charge in [0.2, 0.25) is 0 Å². The number of aromatic hydroxyl groups is 4. The Morgan fingerprint density at radius 3 is 1.55 bits per heavy atom. The number of guanidine groups is 1. The molecule has 29 nitrogen and oxygen atoms in total. The Morgan fingerprint density at radius 2 is 1.15 bits per heavy atom. The average molecular weight is 1290 g/mol. The molecule has 0 spiro atoms. The fourth-order valence-corrected chi connectivity index (χ4v) is 6.90. The first-order valence-corrected chi connectivity index (χ1v) is 26.7. The number of aromatic carboxylic acids is 2. The summed E-state index contributed by atoms with van der Waals surface area (Å²) >= 11 is 12.7. The van der Waals surface area contributed by atoms with Gasteiger partial charge in [-0.1, -0.05) is 60.7 Å². The number of thiocarbonyl (C=S) groups is 1. The molecule has 1 saturated heterocycles. The highest BCUT2D eigenvalue weighted by Gasteiger charge is 2.30. The molecule has 1 fully saturated rings. The summed E-state index contributed by atoms with van der Waals surface area (Å²) in [6.45, 7) is 9.52. The number of thioether (sulfide) groups is 2. The van der Waals surface area contributed by atoms with Crippen molar-refractivity contribution in [3.63, 3.8) is 0 Å². The molecule has 33 heteroatoms. The number of amidine groups is 2. The number of carboxylic acid groups (broad SMARTS) is 2. The maximum Gasteiger partial charge on any atom is 0.416 e. The number of amides is 1. The molecule has 3 unspecified atom stereocenters. The number of β-amino-alcohol motifs (C(OH)–C–C–N with tert-alkyl or cyclic N) is 4. The number of carboxylic acids is 2. The number of benzene rings is 3. The minimum atomic E-state index is -1.18. The Balaban J connectivity index is -0.000000220. The van der Waals surface area contributed by atoms with E-state index in [-0.39, 0.29) is 122 Å². The number of nitrogens with two attached hydrogens (primary N) is 3. The summed E-state index contributed by atoms with van der Waals surface area (Å²) in [6, 6.07) is 11.0. The molecule has 1 amide bonds. The molecule has 3 aromatic carbocycles. The minimum Gasteiger partial charge on any atom is -0.508 e. The summed E-state index contributed by atoms with van der Waals surface area (Å²) in [5.41, 5.74) is 15.3. The second-order valence-electron chi connectivity index (χ2n) is 17.5. The molecule has 4 heterocycles. The number of hydrogen-bond donors (Lipinski definition) is 19. The number of anilines is 2. The van der Waals surface area contributed by atoms with Crippen LogP contribution in [0.3, 0.4) is 0 Å². The fraction of sp³-hybridized carbons (Fsp3) is 0.500. The molecule has 0 aliphatic carbocycles. The topological polar surface area (TPSA) is 488 Å². The van der Waals surface area contributed by atoms with E-state index in [0.29, 0.717) is 61.2 Å². The van der Waals surface area contributed by atoms with Crippen LogP contribution in [0, 0.1) is 0 Å². The molecular weight excluding hydrogens is 1200 g/mol. The molecular formula is C52H93ClN12O17S3. The molecule has 4 aliphatic rings. The van der Waals surface area contributed by atoms with Gasteiger partial charge in [0.25, 0.3) is 0 Å². The predicted molar refractivity (Wildman–Crippen MR) is 345 cm³/mol. The summed E-state index contributed by atoms with van der Waals surface area (Å²) < 4.78 is 9.31. The van der Waals surface area contributed by atoms with Crippen molar-refractivity contribution in [3.05, 3.63) is 71.3 Å². The van der Waals surface area contributed by atoms with E-state index in [0.717, 1.165) is 29.4 Å². The van der Waals surface area contributed by atoms with E-state index in [1.165, 1.54) is 47.0 Å². The normalized spacial score (nSPS) is 16.2. The van der Waals surface area contributed by atoms with Gasteiger partial charge in [0.15, 0.2) is 21.4 Å². The molecule has 3 atom stereocenters. The van der Waals surface area contributed by atoms with Gasteiger partial charge in [0, 0.05) is 70.3 Å². The first-order chi connectivity index (χ1) is 37.5. The number of aliphatic imine (C=N–C) groups is 3. The number of carbonyl (C=O) groups excluding carboxylic acids is 2. The van der Waals surface area contributed by atoms with Gasteiger partial charge in [0.1, 0.15) is 40.5 Å². The lowest BCUT2D eigenvalue weighted by molar-refractivity contribution is 0.0288. The van der Waals surface area contributed by atoms with Crippen LogP contribution in [0.2, 0.25) is 0 Å². The van der Waals surface area contributed by atoms with E-state index in [1.54, 1.807) is 32.5 Å². The molecule has 0 aromatic heterocycles. The Hall–Kier alpha value is -6.85. The molecule has 0 radical (unpaired) electrons. The van der Waals surface area contributed by atoms with Gasteiger partial charge in [-0.3, -0.25) is 19.9 Å². The number of aliphatic hydroxyl groups excluding tert-OH is 5. The summed E-state index contributed by atoms with van der Waals surface area (Å²) in [5.74, 6) is -3.38. The van der Waals surface area contributed by atoms with Crippen molar-refractivity contribution in [1.29, 1.82) is 0 Å².